The van der Waals surface area contributed by atoms with Crippen LogP contribution < -0.4 is 5.32 Å². The van der Waals surface area contributed by atoms with E-state index in [0.717, 1.165) is 18.4 Å². The van der Waals surface area contributed by atoms with Gasteiger partial charge in [0.05, 0.1) is 18.3 Å². The molecule has 0 aromatic heterocycles. The van der Waals surface area contributed by atoms with Crippen LogP contribution in [0, 0.1) is 0 Å². The van der Waals surface area contributed by atoms with Gasteiger partial charge >= 0.3 is 5.97 Å². The fourth-order valence-corrected chi connectivity index (χ4v) is 2.77. The van der Waals surface area contributed by atoms with Gasteiger partial charge in [-0.15, -0.1) is 0 Å². The van der Waals surface area contributed by atoms with Crippen molar-refractivity contribution in [1.29, 1.82) is 0 Å². The normalized spacial score (nSPS) is 17.1. The van der Waals surface area contributed by atoms with E-state index in [1.165, 1.54) is 12.8 Å². The molecule has 0 saturated heterocycles. The molecule has 1 saturated carbocycles. The Morgan fingerprint density at radius 2 is 1.90 bits per heavy atom. The van der Waals surface area contributed by atoms with Gasteiger partial charge in [-0.1, -0.05) is 25.0 Å². The van der Waals surface area contributed by atoms with Crippen LogP contribution in [0.25, 0.3) is 0 Å². The maximum Gasteiger partial charge on any atom is 0.338 e. The van der Waals surface area contributed by atoms with E-state index < -0.39 is 0 Å². The van der Waals surface area contributed by atoms with E-state index in [4.69, 9.17) is 4.74 Å². The second-order valence-corrected chi connectivity index (χ2v) is 6.15. The third kappa shape index (κ3) is 4.29. The topological polar surface area (TPSA) is 58.6 Å². The van der Waals surface area contributed by atoms with Crippen LogP contribution in [0.1, 0.15) is 55.5 Å². The Labute approximate surface area is 126 Å². The first-order valence-corrected chi connectivity index (χ1v) is 7.70. The van der Waals surface area contributed by atoms with Gasteiger partial charge in [0.2, 0.25) is 0 Å². The zero-order valence-corrected chi connectivity index (χ0v) is 12.9. The summed E-state index contributed by atoms with van der Waals surface area (Å²) < 4.78 is 5.16. The van der Waals surface area contributed by atoms with Gasteiger partial charge in [0, 0.05) is 12.1 Å². The van der Waals surface area contributed by atoms with E-state index in [2.05, 4.69) is 5.32 Å². The number of carbonyl (C=O) groups excluding carboxylic acids is 1. The van der Waals surface area contributed by atoms with Crippen molar-refractivity contribution in [3.05, 3.63) is 35.4 Å². The highest BCUT2D eigenvalue weighted by molar-refractivity contribution is 5.89. The van der Waals surface area contributed by atoms with Gasteiger partial charge in [-0.2, -0.15) is 0 Å². The molecule has 1 aliphatic rings. The minimum Gasteiger partial charge on any atom is -0.459 e. The van der Waals surface area contributed by atoms with E-state index in [1.807, 2.05) is 26.0 Å². The van der Waals surface area contributed by atoms with E-state index in [-0.39, 0.29) is 24.2 Å². The number of rotatable bonds is 6. The SMILES string of the molecule is CC(C)OC(=O)c1ccc(CNC2(CO)CCCC2)cc1. The van der Waals surface area contributed by atoms with Crippen LogP contribution in [0.2, 0.25) is 0 Å². The molecule has 4 heteroatoms. The number of hydrogen-bond acceptors (Lipinski definition) is 4. The smallest absolute Gasteiger partial charge is 0.338 e. The molecule has 21 heavy (non-hydrogen) atoms. The lowest BCUT2D eigenvalue weighted by molar-refractivity contribution is 0.0378. The van der Waals surface area contributed by atoms with Crippen LogP contribution in [-0.4, -0.2) is 29.3 Å². The van der Waals surface area contributed by atoms with Crippen molar-refractivity contribution in [3.8, 4) is 0 Å². The molecule has 0 radical (unpaired) electrons. The number of aliphatic hydroxyl groups excluding tert-OH is 1. The first-order chi connectivity index (χ1) is 10.0. The maximum atomic E-state index is 11.8. The lowest BCUT2D eigenvalue weighted by Crippen LogP contribution is -2.45. The molecule has 1 aromatic carbocycles. The number of aliphatic hydroxyl groups is 1. The molecule has 2 N–H and O–H groups in total. The van der Waals surface area contributed by atoms with Crippen LogP contribution in [-0.2, 0) is 11.3 Å². The van der Waals surface area contributed by atoms with Crippen LogP contribution in [0.3, 0.4) is 0 Å². The van der Waals surface area contributed by atoms with Gasteiger partial charge in [-0.3, -0.25) is 0 Å². The lowest BCUT2D eigenvalue weighted by Gasteiger charge is -2.28. The van der Waals surface area contributed by atoms with Gasteiger partial charge in [0.15, 0.2) is 0 Å². The average molecular weight is 291 g/mol. The van der Waals surface area contributed by atoms with Crippen molar-refractivity contribution < 1.29 is 14.6 Å². The van der Waals surface area contributed by atoms with Crippen LogP contribution in [0.4, 0.5) is 0 Å². The molecular weight excluding hydrogens is 266 g/mol. The quantitative estimate of drug-likeness (QED) is 0.791. The third-order valence-electron chi connectivity index (χ3n) is 4.06. The number of benzene rings is 1. The van der Waals surface area contributed by atoms with Crippen LogP contribution in [0.5, 0.6) is 0 Å². The monoisotopic (exact) mass is 291 g/mol. The number of hydrogen-bond donors (Lipinski definition) is 2. The summed E-state index contributed by atoms with van der Waals surface area (Å²) >= 11 is 0. The molecular formula is C17H25NO3. The second-order valence-electron chi connectivity index (χ2n) is 6.15. The first-order valence-electron chi connectivity index (χ1n) is 7.70. The molecule has 0 spiro atoms. The van der Waals surface area contributed by atoms with Crippen molar-refractivity contribution in [2.24, 2.45) is 0 Å². The minimum atomic E-state index is -0.285. The summed E-state index contributed by atoms with van der Waals surface area (Å²) in [5.74, 6) is -0.285. The molecule has 0 unspecified atom stereocenters. The maximum absolute atomic E-state index is 11.8. The van der Waals surface area contributed by atoms with Crippen LogP contribution in [0.15, 0.2) is 24.3 Å². The van der Waals surface area contributed by atoms with Crippen molar-refractivity contribution in [1.82, 2.24) is 5.32 Å². The Bertz CT molecular complexity index is 461. The number of ether oxygens (including phenoxy) is 1. The van der Waals surface area contributed by atoms with Gasteiger partial charge in [-0.25, -0.2) is 4.79 Å². The first kappa shape index (κ1) is 16.0. The molecule has 0 amide bonds. The molecule has 1 fully saturated rings. The summed E-state index contributed by atoms with van der Waals surface area (Å²) in [7, 11) is 0. The lowest BCUT2D eigenvalue weighted by atomic mass is 9.98. The molecule has 2 rings (SSSR count). The van der Waals surface area contributed by atoms with Gasteiger partial charge in [-0.05, 0) is 44.4 Å². The fraction of sp³-hybridized carbons (Fsp3) is 0.588. The van der Waals surface area contributed by atoms with Gasteiger partial charge in [0.25, 0.3) is 0 Å². The number of esters is 1. The van der Waals surface area contributed by atoms with Crippen molar-refractivity contribution in [2.75, 3.05) is 6.61 Å². The molecule has 4 nitrogen and oxygen atoms in total. The second kappa shape index (κ2) is 7.05. The third-order valence-corrected chi connectivity index (χ3v) is 4.06. The zero-order chi connectivity index (χ0) is 15.3. The molecule has 1 aromatic rings. The number of nitrogens with one attached hydrogen (secondary N) is 1. The Morgan fingerprint density at radius 3 is 2.43 bits per heavy atom. The Hall–Kier alpha value is -1.39. The standard InChI is InChI=1S/C17H25NO3/c1-13(2)21-16(20)15-7-5-14(6-8-15)11-18-17(12-19)9-3-4-10-17/h5-8,13,18-19H,3-4,9-12H2,1-2H3. The largest absolute Gasteiger partial charge is 0.459 e. The molecule has 116 valence electrons. The van der Waals surface area contributed by atoms with E-state index >= 15 is 0 Å². The van der Waals surface area contributed by atoms with Crippen LogP contribution >= 0.6 is 0 Å². The summed E-state index contributed by atoms with van der Waals surface area (Å²) in [4.78, 5) is 11.8. The van der Waals surface area contributed by atoms with E-state index in [9.17, 15) is 9.90 Å². The zero-order valence-electron chi connectivity index (χ0n) is 12.9. The average Bonchev–Trinajstić information content (AvgIpc) is 2.94. The minimum absolute atomic E-state index is 0.106. The predicted molar refractivity (Wildman–Crippen MR) is 82.1 cm³/mol. The van der Waals surface area contributed by atoms with E-state index in [1.54, 1.807) is 12.1 Å². The number of carbonyl (C=O) groups is 1. The Kier molecular flexibility index (Phi) is 5.37. The Morgan fingerprint density at radius 1 is 1.29 bits per heavy atom. The summed E-state index contributed by atoms with van der Waals surface area (Å²) in [5, 5.41) is 13.0. The van der Waals surface area contributed by atoms with Gasteiger partial charge < -0.3 is 15.2 Å². The van der Waals surface area contributed by atoms with Crippen molar-refractivity contribution >= 4 is 5.97 Å². The fourth-order valence-electron chi connectivity index (χ4n) is 2.77. The Balaban J connectivity index is 1.92. The molecule has 0 heterocycles. The summed E-state index contributed by atoms with van der Waals surface area (Å²) in [6.07, 6.45) is 4.30. The van der Waals surface area contributed by atoms with Crippen molar-refractivity contribution in [3.63, 3.8) is 0 Å². The molecule has 1 aliphatic carbocycles. The highest BCUT2D eigenvalue weighted by atomic mass is 16.5. The molecule has 0 bridgehead atoms. The summed E-state index contributed by atoms with van der Waals surface area (Å²) in [5.41, 5.74) is 1.57. The van der Waals surface area contributed by atoms with E-state index in [0.29, 0.717) is 12.1 Å². The van der Waals surface area contributed by atoms with Gasteiger partial charge in [0.1, 0.15) is 0 Å². The predicted octanol–water partition coefficient (Wildman–Crippen LogP) is 2.65. The molecule has 0 aliphatic heterocycles. The molecule has 0 atom stereocenters. The summed E-state index contributed by atoms with van der Waals surface area (Å²) in [6.45, 7) is 4.57. The summed E-state index contributed by atoms with van der Waals surface area (Å²) in [6, 6.07) is 7.46. The highest BCUT2D eigenvalue weighted by Gasteiger charge is 2.32. The highest BCUT2D eigenvalue weighted by Crippen LogP contribution is 2.29. The van der Waals surface area contributed by atoms with Crippen molar-refractivity contribution in [2.45, 2.75) is 57.7 Å².